The van der Waals surface area contributed by atoms with Crippen molar-refractivity contribution in [3.63, 3.8) is 0 Å². The molecule has 0 aliphatic carbocycles. The van der Waals surface area contributed by atoms with Crippen molar-refractivity contribution in [2.45, 2.75) is 33.1 Å². The summed E-state index contributed by atoms with van der Waals surface area (Å²) in [5, 5.41) is 12.2. The Hall–Kier alpha value is -2.30. The summed E-state index contributed by atoms with van der Waals surface area (Å²) in [5.74, 6) is -0.797. The smallest absolute Gasteiger partial charge is 0.303 e. The molecule has 0 aliphatic rings. The van der Waals surface area contributed by atoms with Crippen molar-refractivity contribution >= 4 is 22.8 Å². The van der Waals surface area contributed by atoms with Crippen LogP contribution in [0.4, 0.5) is 0 Å². The van der Waals surface area contributed by atoms with Gasteiger partial charge in [-0.2, -0.15) is 0 Å². The van der Waals surface area contributed by atoms with Crippen molar-refractivity contribution in [1.82, 2.24) is 5.32 Å². The molecule has 2 rings (SSSR count). The Morgan fingerprint density at radius 3 is 2.57 bits per heavy atom. The van der Waals surface area contributed by atoms with Crippen molar-refractivity contribution in [3.05, 3.63) is 35.1 Å². The van der Waals surface area contributed by atoms with Gasteiger partial charge in [-0.05, 0) is 56.0 Å². The number of benzene rings is 1. The van der Waals surface area contributed by atoms with Crippen LogP contribution in [0.25, 0.3) is 11.0 Å². The van der Waals surface area contributed by atoms with Crippen LogP contribution in [0.3, 0.4) is 0 Å². The maximum Gasteiger partial charge on any atom is 0.303 e. The van der Waals surface area contributed by atoms with Gasteiger partial charge in [0.05, 0.1) is 0 Å². The van der Waals surface area contributed by atoms with Gasteiger partial charge in [-0.25, -0.2) is 0 Å². The van der Waals surface area contributed by atoms with E-state index in [4.69, 9.17) is 9.52 Å². The number of nitrogens with one attached hydrogen (secondary N) is 1. The monoisotopic (exact) mass is 289 g/mol. The van der Waals surface area contributed by atoms with Crippen LogP contribution in [0, 0.1) is 13.8 Å². The summed E-state index contributed by atoms with van der Waals surface area (Å²) in [7, 11) is 0. The average molecular weight is 289 g/mol. The molecule has 1 aromatic heterocycles. The minimum Gasteiger partial charge on any atom is -0.481 e. The van der Waals surface area contributed by atoms with E-state index in [1.54, 1.807) is 6.07 Å². The van der Waals surface area contributed by atoms with Crippen LogP contribution in [0.1, 0.15) is 40.9 Å². The molecule has 1 amide bonds. The first-order chi connectivity index (χ1) is 9.97. The molecule has 0 fully saturated rings. The van der Waals surface area contributed by atoms with Crippen LogP contribution in [0.15, 0.2) is 22.6 Å². The van der Waals surface area contributed by atoms with Crippen LogP contribution in [0.2, 0.25) is 0 Å². The van der Waals surface area contributed by atoms with Gasteiger partial charge in [-0.1, -0.05) is 0 Å². The lowest BCUT2D eigenvalue weighted by Crippen LogP contribution is -2.24. The Balaban J connectivity index is 1.95. The minimum absolute atomic E-state index is 0.124. The highest BCUT2D eigenvalue weighted by atomic mass is 16.4. The molecule has 5 nitrogen and oxygen atoms in total. The summed E-state index contributed by atoms with van der Waals surface area (Å²) in [6.07, 6.45) is 1.31. The van der Waals surface area contributed by atoms with E-state index in [0.29, 0.717) is 25.0 Å². The number of rotatable bonds is 6. The topological polar surface area (TPSA) is 79.5 Å². The van der Waals surface area contributed by atoms with Gasteiger partial charge in [0, 0.05) is 18.4 Å². The molecule has 0 spiro atoms. The summed E-state index contributed by atoms with van der Waals surface area (Å²) in [6.45, 7) is 4.46. The molecule has 1 aromatic carbocycles. The largest absolute Gasteiger partial charge is 0.481 e. The van der Waals surface area contributed by atoms with E-state index < -0.39 is 5.97 Å². The van der Waals surface area contributed by atoms with Gasteiger partial charge in [0.2, 0.25) is 0 Å². The second kappa shape index (κ2) is 6.43. The number of fused-ring (bicyclic) bond motifs is 1. The lowest BCUT2D eigenvalue weighted by Gasteiger charge is -2.01. The molecule has 0 atom stereocenters. The predicted octanol–water partition coefficient (Wildman–Crippen LogP) is 3.03. The van der Waals surface area contributed by atoms with E-state index in [2.05, 4.69) is 5.32 Å². The fourth-order valence-corrected chi connectivity index (χ4v) is 2.10. The lowest BCUT2D eigenvalue weighted by molar-refractivity contribution is -0.137. The fourth-order valence-electron chi connectivity index (χ4n) is 2.10. The summed E-state index contributed by atoms with van der Waals surface area (Å²) in [5.41, 5.74) is 2.98. The number of aryl methyl sites for hydroxylation is 2. The van der Waals surface area contributed by atoms with E-state index in [9.17, 15) is 9.59 Å². The molecule has 0 saturated carbocycles. The van der Waals surface area contributed by atoms with Crippen molar-refractivity contribution < 1.29 is 19.1 Å². The standard InChI is InChI=1S/C16H19NO4/c1-10-7-12-9-14(21-13(12)8-11(10)2)16(20)17-6-4-3-5-15(18)19/h7-9H,3-6H2,1-2H3,(H,17,20)(H,18,19). The van der Waals surface area contributed by atoms with Gasteiger partial charge < -0.3 is 14.8 Å². The Bertz CT molecular complexity index is 633. The third-order valence-corrected chi connectivity index (χ3v) is 3.46. The molecule has 2 N–H and O–H groups in total. The molecule has 5 heteroatoms. The molecular formula is C16H19NO4. The van der Waals surface area contributed by atoms with Crippen LogP contribution in [-0.4, -0.2) is 23.5 Å². The third kappa shape index (κ3) is 3.84. The summed E-state index contributed by atoms with van der Waals surface area (Å²) in [6, 6.07) is 5.65. The SMILES string of the molecule is Cc1cc2cc(C(=O)NCCCCC(=O)O)oc2cc1C. The Labute approximate surface area is 122 Å². The number of unbranched alkanes of at least 4 members (excludes halogenated alkanes) is 1. The molecule has 0 unspecified atom stereocenters. The summed E-state index contributed by atoms with van der Waals surface area (Å²) >= 11 is 0. The highest BCUT2D eigenvalue weighted by molar-refractivity contribution is 5.96. The van der Waals surface area contributed by atoms with Gasteiger partial charge in [-0.3, -0.25) is 9.59 Å². The fraction of sp³-hybridized carbons (Fsp3) is 0.375. The van der Waals surface area contributed by atoms with E-state index >= 15 is 0 Å². The highest BCUT2D eigenvalue weighted by Crippen LogP contribution is 2.23. The van der Waals surface area contributed by atoms with Gasteiger partial charge in [-0.15, -0.1) is 0 Å². The zero-order valence-electron chi connectivity index (χ0n) is 12.2. The lowest BCUT2D eigenvalue weighted by atomic mass is 10.1. The quantitative estimate of drug-likeness (QED) is 0.801. The molecule has 2 aromatic rings. The predicted molar refractivity (Wildman–Crippen MR) is 79.5 cm³/mol. The number of amides is 1. The van der Waals surface area contributed by atoms with Crippen molar-refractivity contribution in [1.29, 1.82) is 0 Å². The first kappa shape index (κ1) is 15.1. The summed E-state index contributed by atoms with van der Waals surface area (Å²) in [4.78, 5) is 22.3. The molecule has 0 saturated heterocycles. The maximum absolute atomic E-state index is 12.0. The number of carbonyl (C=O) groups is 2. The third-order valence-electron chi connectivity index (χ3n) is 3.46. The van der Waals surface area contributed by atoms with Gasteiger partial charge in [0.25, 0.3) is 5.91 Å². The molecule has 0 bridgehead atoms. The maximum atomic E-state index is 12.0. The minimum atomic E-state index is -0.815. The van der Waals surface area contributed by atoms with Crippen LogP contribution >= 0.6 is 0 Å². The number of aliphatic carboxylic acids is 1. The normalized spacial score (nSPS) is 10.8. The molecule has 0 aliphatic heterocycles. The number of carbonyl (C=O) groups excluding carboxylic acids is 1. The Kier molecular flexibility index (Phi) is 4.62. The molecule has 0 radical (unpaired) electrons. The van der Waals surface area contributed by atoms with Crippen LogP contribution in [-0.2, 0) is 4.79 Å². The van der Waals surface area contributed by atoms with Gasteiger partial charge in [0.1, 0.15) is 5.58 Å². The Morgan fingerprint density at radius 2 is 1.86 bits per heavy atom. The number of carboxylic acid groups (broad SMARTS) is 1. The van der Waals surface area contributed by atoms with Crippen molar-refractivity contribution in [2.75, 3.05) is 6.54 Å². The first-order valence-corrected chi connectivity index (χ1v) is 6.98. The zero-order chi connectivity index (χ0) is 15.4. The molecule has 21 heavy (non-hydrogen) atoms. The number of hydrogen-bond donors (Lipinski definition) is 2. The number of hydrogen-bond acceptors (Lipinski definition) is 3. The van der Waals surface area contributed by atoms with Crippen LogP contribution < -0.4 is 5.32 Å². The average Bonchev–Trinajstić information content (AvgIpc) is 2.81. The van der Waals surface area contributed by atoms with E-state index in [-0.39, 0.29) is 18.1 Å². The van der Waals surface area contributed by atoms with Gasteiger partial charge in [0.15, 0.2) is 5.76 Å². The van der Waals surface area contributed by atoms with Crippen molar-refractivity contribution in [2.24, 2.45) is 0 Å². The molecular weight excluding hydrogens is 270 g/mol. The zero-order valence-corrected chi connectivity index (χ0v) is 12.2. The first-order valence-electron chi connectivity index (χ1n) is 6.98. The Morgan fingerprint density at radius 1 is 1.14 bits per heavy atom. The molecule has 1 heterocycles. The van der Waals surface area contributed by atoms with E-state index in [1.165, 1.54) is 0 Å². The molecule has 112 valence electrons. The highest BCUT2D eigenvalue weighted by Gasteiger charge is 2.12. The van der Waals surface area contributed by atoms with E-state index in [1.807, 2.05) is 26.0 Å². The second-order valence-electron chi connectivity index (χ2n) is 5.19. The van der Waals surface area contributed by atoms with Crippen LogP contribution in [0.5, 0.6) is 0 Å². The van der Waals surface area contributed by atoms with E-state index in [0.717, 1.165) is 16.5 Å². The number of carboxylic acids is 1. The van der Waals surface area contributed by atoms with Gasteiger partial charge >= 0.3 is 5.97 Å². The number of furan rings is 1. The van der Waals surface area contributed by atoms with Crippen molar-refractivity contribution in [3.8, 4) is 0 Å². The summed E-state index contributed by atoms with van der Waals surface area (Å²) < 4.78 is 5.55. The second-order valence-corrected chi connectivity index (χ2v) is 5.19.